The summed E-state index contributed by atoms with van der Waals surface area (Å²) < 4.78 is 11.9. The first-order chi connectivity index (χ1) is 15.8. The smallest absolute Gasteiger partial charge is 0.413 e. The molecule has 2 N–H and O–H groups in total. The number of anilines is 2. The summed E-state index contributed by atoms with van der Waals surface area (Å²) in [5.74, 6) is 0.170. The predicted molar refractivity (Wildman–Crippen MR) is 120 cm³/mol. The number of aryl methyl sites for hydroxylation is 1. The van der Waals surface area contributed by atoms with E-state index >= 15 is 0 Å². The molecule has 2 amide bonds. The number of nitrogens with one attached hydrogen (secondary N) is 2. The van der Waals surface area contributed by atoms with Crippen LogP contribution in [0.5, 0.6) is 0 Å². The van der Waals surface area contributed by atoms with Gasteiger partial charge in [0.05, 0.1) is 36.2 Å². The molecule has 0 spiro atoms. The second kappa shape index (κ2) is 9.12. The van der Waals surface area contributed by atoms with Gasteiger partial charge in [0, 0.05) is 18.8 Å². The van der Waals surface area contributed by atoms with E-state index in [0.717, 1.165) is 0 Å². The number of rotatable bonds is 6. The molecule has 1 aliphatic rings. The van der Waals surface area contributed by atoms with Gasteiger partial charge in [0.25, 0.3) is 0 Å². The van der Waals surface area contributed by atoms with E-state index in [-0.39, 0.29) is 11.1 Å². The predicted octanol–water partition coefficient (Wildman–Crippen LogP) is 3.21. The minimum absolute atomic E-state index is 0.129. The summed E-state index contributed by atoms with van der Waals surface area (Å²) in [6, 6.07) is 6.81. The van der Waals surface area contributed by atoms with E-state index in [2.05, 4.69) is 30.9 Å². The SMILES string of the molecule is C[C@@H](OC(=O)Nc1c(-c2ccc(NC(=O)C3(C)COC3)cn2)nnn1C)c1cccnc1Cl. The van der Waals surface area contributed by atoms with E-state index in [1.54, 1.807) is 44.4 Å². The molecule has 3 aromatic heterocycles. The Kier molecular flexibility index (Phi) is 6.25. The molecule has 172 valence electrons. The molecule has 3 aromatic rings. The average molecular weight is 472 g/mol. The van der Waals surface area contributed by atoms with Crippen LogP contribution in [0.3, 0.4) is 0 Å². The van der Waals surface area contributed by atoms with Gasteiger partial charge in [-0.2, -0.15) is 0 Å². The van der Waals surface area contributed by atoms with Gasteiger partial charge in [-0.3, -0.25) is 15.1 Å². The molecule has 1 atom stereocenters. The first kappa shape index (κ1) is 22.6. The van der Waals surface area contributed by atoms with Crippen LogP contribution in [0.4, 0.5) is 16.3 Å². The van der Waals surface area contributed by atoms with E-state index in [9.17, 15) is 9.59 Å². The second-order valence-corrected chi connectivity index (χ2v) is 8.26. The van der Waals surface area contributed by atoms with Gasteiger partial charge in [-0.05, 0) is 32.0 Å². The molecule has 0 bridgehead atoms. The molecule has 4 heterocycles. The fourth-order valence-electron chi connectivity index (χ4n) is 3.15. The Bertz CT molecular complexity index is 1180. The van der Waals surface area contributed by atoms with Gasteiger partial charge in [-0.15, -0.1) is 5.10 Å². The molecule has 0 aliphatic carbocycles. The number of amides is 2. The van der Waals surface area contributed by atoms with Crippen molar-refractivity contribution >= 4 is 35.1 Å². The van der Waals surface area contributed by atoms with Crippen LogP contribution >= 0.6 is 11.6 Å². The fourth-order valence-corrected chi connectivity index (χ4v) is 3.42. The molecule has 11 nitrogen and oxygen atoms in total. The number of halogens is 1. The number of nitrogens with zero attached hydrogens (tertiary/aromatic N) is 5. The first-order valence-corrected chi connectivity index (χ1v) is 10.5. The van der Waals surface area contributed by atoms with E-state index in [1.165, 1.54) is 10.9 Å². The molecule has 1 aliphatic heterocycles. The number of hydrogen-bond donors (Lipinski definition) is 2. The normalized spacial score (nSPS) is 15.3. The lowest BCUT2D eigenvalue weighted by atomic mass is 9.87. The van der Waals surface area contributed by atoms with Crippen molar-refractivity contribution in [2.45, 2.75) is 20.0 Å². The third-order valence-electron chi connectivity index (χ3n) is 5.21. The number of hydrogen-bond acceptors (Lipinski definition) is 8. The minimum Gasteiger partial charge on any atom is -0.441 e. The lowest BCUT2D eigenvalue weighted by molar-refractivity contribution is -0.151. The zero-order chi connectivity index (χ0) is 23.6. The molecular formula is C21H22ClN7O4. The van der Waals surface area contributed by atoms with Crippen LogP contribution in [0, 0.1) is 5.41 Å². The zero-order valence-electron chi connectivity index (χ0n) is 18.2. The Morgan fingerprint density at radius 1 is 1.24 bits per heavy atom. The minimum atomic E-state index is -0.714. The van der Waals surface area contributed by atoms with Crippen molar-refractivity contribution in [2.24, 2.45) is 12.5 Å². The summed E-state index contributed by atoms with van der Waals surface area (Å²) in [4.78, 5) is 33.2. The lowest BCUT2D eigenvalue weighted by Crippen LogP contribution is -2.49. The maximum absolute atomic E-state index is 12.5. The third-order valence-corrected chi connectivity index (χ3v) is 5.53. The molecule has 0 unspecified atom stereocenters. The maximum Gasteiger partial charge on any atom is 0.413 e. The van der Waals surface area contributed by atoms with Gasteiger partial charge in [-0.1, -0.05) is 22.9 Å². The van der Waals surface area contributed by atoms with Gasteiger partial charge >= 0.3 is 6.09 Å². The number of pyridine rings is 2. The topological polar surface area (TPSA) is 133 Å². The third kappa shape index (κ3) is 4.78. The van der Waals surface area contributed by atoms with Crippen LogP contribution in [0.2, 0.25) is 5.15 Å². The van der Waals surface area contributed by atoms with Crippen molar-refractivity contribution in [1.82, 2.24) is 25.0 Å². The summed E-state index contributed by atoms with van der Waals surface area (Å²) in [7, 11) is 1.63. The Hall–Kier alpha value is -3.57. The van der Waals surface area contributed by atoms with Crippen molar-refractivity contribution in [2.75, 3.05) is 23.8 Å². The van der Waals surface area contributed by atoms with Crippen LogP contribution in [0.25, 0.3) is 11.4 Å². The number of ether oxygens (including phenoxy) is 2. The first-order valence-electron chi connectivity index (χ1n) is 10.1. The molecule has 0 aromatic carbocycles. The van der Waals surface area contributed by atoms with E-state index < -0.39 is 17.6 Å². The van der Waals surface area contributed by atoms with Gasteiger partial charge in [0.2, 0.25) is 5.91 Å². The molecule has 1 saturated heterocycles. The second-order valence-electron chi connectivity index (χ2n) is 7.91. The monoisotopic (exact) mass is 471 g/mol. The number of carbonyl (C=O) groups is 2. The molecule has 4 rings (SSSR count). The zero-order valence-corrected chi connectivity index (χ0v) is 19.0. The Balaban J connectivity index is 1.44. The molecule has 0 saturated carbocycles. The quantitative estimate of drug-likeness (QED) is 0.523. The van der Waals surface area contributed by atoms with Crippen LogP contribution in [-0.4, -0.2) is 50.2 Å². The fraction of sp³-hybridized carbons (Fsp3) is 0.333. The summed E-state index contributed by atoms with van der Waals surface area (Å²) in [6.07, 6.45) is 1.73. The standard InChI is InChI=1S/C21H22ClN7O4/c1-12(14-5-4-8-23-17(14)22)33-20(31)26-18-16(27-28-29(18)3)15-7-6-13(9-24-15)25-19(30)21(2)10-32-11-21/h4-9,12H,10-11H2,1-3H3,(H,25,30)(H,26,31)/t12-/m1/s1. The van der Waals surface area contributed by atoms with E-state index in [1.807, 2.05) is 6.92 Å². The van der Waals surface area contributed by atoms with Gasteiger partial charge in [-0.25, -0.2) is 14.5 Å². The Labute approximate surface area is 194 Å². The molecule has 0 radical (unpaired) electrons. The van der Waals surface area contributed by atoms with Crippen LogP contribution in [-0.2, 0) is 21.3 Å². The summed E-state index contributed by atoms with van der Waals surface area (Å²) in [5.41, 5.74) is 1.39. The largest absolute Gasteiger partial charge is 0.441 e. The van der Waals surface area contributed by atoms with E-state index in [0.29, 0.717) is 41.7 Å². The Morgan fingerprint density at radius 2 is 2.03 bits per heavy atom. The van der Waals surface area contributed by atoms with Gasteiger partial charge in [0.1, 0.15) is 11.3 Å². The van der Waals surface area contributed by atoms with E-state index in [4.69, 9.17) is 21.1 Å². The van der Waals surface area contributed by atoms with Crippen molar-refractivity contribution in [3.63, 3.8) is 0 Å². The van der Waals surface area contributed by atoms with Crippen LogP contribution < -0.4 is 10.6 Å². The number of aromatic nitrogens is 5. The van der Waals surface area contributed by atoms with Crippen LogP contribution in [0.15, 0.2) is 36.7 Å². The van der Waals surface area contributed by atoms with Gasteiger partial charge < -0.3 is 14.8 Å². The summed E-state index contributed by atoms with van der Waals surface area (Å²) in [5, 5.41) is 13.8. The van der Waals surface area contributed by atoms with Crippen molar-refractivity contribution in [1.29, 1.82) is 0 Å². The summed E-state index contributed by atoms with van der Waals surface area (Å²) >= 11 is 6.07. The van der Waals surface area contributed by atoms with Crippen LogP contribution in [0.1, 0.15) is 25.5 Å². The summed E-state index contributed by atoms with van der Waals surface area (Å²) in [6.45, 7) is 4.31. The average Bonchev–Trinajstić information content (AvgIpc) is 3.12. The molecule has 33 heavy (non-hydrogen) atoms. The number of carbonyl (C=O) groups excluding carboxylic acids is 2. The van der Waals surface area contributed by atoms with Crippen molar-refractivity contribution in [3.8, 4) is 11.4 Å². The molecule has 12 heteroatoms. The Morgan fingerprint density at radius 3 is 2.67 bits per heavy atom. The highest BCUT2D eigenvalue weighted by molar-refractivity contribution is 6.30. The molecule has 1 fully saturated rings. The highest BCUT2D eigenvalue weighted by Crippen LogP contribution is 2.29. The highest BCUT2D eigenvalue weighted by atomic mass is 35.5. The highest BCUT2D eigenvalue weighted by Gasteiger charge is 2.41. The molecular weight excluding hydrogens is 450 g/mol. The van der Waals surface area contributed by atoms with Crippen molar-refractivity contribution in [3.05, 3.63) is 47.4 Å². The lowest BCUT2D eigenvalue weighted by Gasteiger charge is -2.36. The van der Waals surface area contributed by atoms with Crippen molar-refractivity contribution < 1.29 is 19.1 Å². The maximum atomic E-state index is 12.5. The van der Waals surface area contributed by atoms with Gasteiger partial charge in [0.15, 0.2) is 11.5 Å².